The van der Waals surface area contributed by atoms with Crippen LogP contribution in [0.4, 0.5) is 0 Å². The summed E-state index contributed by atoms with van der Waals surface area (Å²) in [6, 6.07) is 0. The van der Waals surface area contributed by atoms with E-state index in [0.717, 1.165) is 11.3 Å². The fraction of sp³-hybridized carbons (Fsp3) is 0.167. The molecule has 0 aliphatic carbocycles. The van der Waals surface area contributed by atoms with Gasteiger partial charge in [0.25, 0.3) is 0 Å². The predicted octanol–water partition coefficient (Wildman–Crippen LogP) is 1.37. The van der Waals surface area contributed by atoms with Gasteiger partial charge in [-0.05, 0) is 6.92 Å². The summed E-state index contributed by atoms with van der Waals surface area (Å²) in [7, 11) is 1.82. The van der Waals surface area contributed by atoms with Gasteiger partial charge in [0.05, 0.1) is 17.6 Å². The number of carbonyl (C=O) groups is 1. The van der Waals surface area contributed by atoms with Crippen molar-refractivity contribution in [2.24, 2.45) is 7.05 Å². The third-order valence-corrected chi connectivity index (χ3v) is 2.90. The van der Waals surface area contributed by atoms with Crippen LogP contribution in [0.25, 0.3) is 22.4 Å². The molecule has 0 amide bonds. The van der Waals surface area contributed by atoms with E-state index >= 15 is 0 Å². The van der Waals surface area contributed by atoms with E-state index in [9.17, 15) is 4.79 Å². The summed E-state index contributed by atoms with van der Waals surface area (Å²) in [5.41, 5.74) is 3.21. The highest BCUT2D eigenvalue weighted by Gasteiger charge is 2.15. The van der Waals surface area contributed by atoms with E-state index in [2.05, 4.69) is 20.1 Å². The number of carboxylic acid groups (broad SMARTS) is 1. The van der Waals surface area contributed by atoms with Gasteiger partial charge in [-0.15, -0.1) is 0 Å². The largest absolute Gasteiger partial charge is 0.478 e. The van der Waals surface area contributed by atoms with Crippen LogP contribution in [0.15, 0.2) is 18.6 Å². The fourth-order valence-corrected chi connectivity index (χ4v) is 2.04. The predicted molar refractivity (Wildman–Crippen MR) is 67.8 cm³/mol. The van der Waals surface area contributed by atoms with E-state index < -0.39 is 5.97 Å². The highest BCUT2D eigenvalue weighted by molar-refractivity contribution is 6.00. The second-order valence-electron chi connectivity index (χ2n) is 4.26. The maximum atomic E-state index is 11.1. The van der Waals surface area contributed by atoms with E-state index in [1.54, 1.807) is 10.9 Å². The smallest absolute Gasteiger partial charge is 0.339 e. The van der Waals surface area contributed by atoms with Crippen molar-refractivity contribution in [1.29, 1.82) is 0 Å². The molecule has 0 atom stereocenters. The summed E-state index contributed by atoms with van der Waals surface area (Å²) in [6.45, 7) is 1.87. The number of rotatable bonds is 2. The maximum Gasteiger partial charge on any atom is 0.339 e. The summed E-state index contributed by atoms with van der Waals surface area (Å²) >= 11 is 0. The molecule has 2 N–H and O–H groups in total. The van der Waals surface area contributed by atoms with Gasteiger partial charge in [0.2, 0.25) is 0 Å². The topological polar surface area (TPSA) is 96.7 Å². The summed E-state index contributed by atoms with van der Waals surface area (Å²) < 4.78 is 1.69. The van der Waals surface area contributed by atoms with Crippen molar-refractivity contribution in [2.75, 3.05) is 0 Å². The van der Waals surface area contributed by atoms with E-state index in [4.69, 9.17) is 5.11 Å². The van der Waals surface area contributed by atoms with Gasteiger partial charge in [-0.25, -0.2) is 14.8 Å². The highest BCUT2D eigenvalue weighted by Crippen LogP contribution is 2.22. The number of aromatic amines is 1. The van der Waals surface area contributed by atoms with Crippen LogP contribution in [0, 0.1) is 6.92 Å². The Kier molecular flexibility index (Phi) is 2.34. The van der Waals surface area contributed by atoms with Crippen LogP contribution < -0.4 is 0 Å². The van der Waals surface area contributed by atoms with Crippen LogP contribution in [-0.4, -0.2) is 35.8 Å². The lowest BCUT2D eigenvalue weighted by Crippen LogP contribution is -1.96. The van der Waals surface area contributed by atoms with E-state index in [1.165, 1.54) is 6.20 Å². The Morgan fingerprint density at radius 1 is 1.47 bits per heavy atom. The van der Waals surface area contributed by atoms with E-state index in [-0.39, 0.29) is 5.56 Å². The normalized spacial score (nSPS) is 11.1. The van der Waals surface area contributed by atoms with Crippen LogP contribution >= 0.6 is 0 Å². The number of aromatic nitrogens is 5. The second-order valence-corrected chi connectivity index (χ2v) is 4.26. The van der Waals surface area contributed by atoms with Gasteiger partial charge < -0.3 is 10.1 Å². The van der Waals surface area contributed by atoms with Crippen molar-refractivity contribution in [2.45, 2.75) is 6.92 Å². The quantitative estimate of drug-likeness (QED) is 0.722. The van der Waals surface area contributed by atoms with Gasteiger partial charge in [0, 0.05) is 25.0 Å². The number of aromatic carboxylic acids is 1. The number of H-pyrrole nitrogens is 1. The Hall–Kier alpha value is -2.70. The minimum Gasteiger partial charge on any atom is -0.478 e. The molecule has 0 radical (unpaired) electrons. The molecule has 0 bridgehead atoms. The number of hydrogen-bond donors (Lipinski definition) is 2. The van der Waals surface area contributed by atoms with E-state index in [0.29, 0.717) is 16.9 Å². The number of nitrogens with one attached hydrogen (secondary N) is 1. The molecule has 96 valence electrons. The van der Waals surface area contributed by atoms with Crippen LogP contribution in [-0.2, 0) is 7.05 Å². The Morgan fingerprint density at radius 2 is 2.26 bits per heavy atom. The number of nitrogens with zero attached hydrogens (tertiary/aromatic N) is 4. The number of fused-ring (bicyclic) bond motifs is 1. The van der Waals surface area contributed by atoms with Crippen LogP contribution in [0.2, 0.25) is 0 Å². The molecule has 7 heteroatoms. The molecule has 0 aromatic carbocycles. The fourth-order valence-electron chi connectivity index (χ4n) is 2.04. The molecular formula is C12H11N5O2. The van der Waals surface area contributed by atoms with Crippen molar-refractivity contribution in [3.05, 3.63) is 29.8 Å². The molecule has 0 saturated carbocycles. The van der Waals surface area contributed by atoms with Gasteiger partial charge in [-0.3, -0.25) is 4.68 Å². The maximum absolute atomic E-state index is 11.1. The van der Waals surface area contributed by atoms with Crippen LogP contribution in [0.3, 0.4) is 0 Å². The molecule has 3 rings (SSSR count). The van der Waals surface area contributed by atoms with Gasteiger partial charge >= 0.3 is 5.97 Å². The lowest BCUT2D eigenvalue weighted by Gasteiger charge is -1.98. The van der Waals surface area contributed by atoms with Gasteiger partial charge in [-0.2, -0.15) is 5.10 Å². The van der Waals surface area contributed by atoms with Crippen molar-refractivity contribution < 1.29 is 9.90 Å². The standard InChI is InChI=1S/C12H11N5O2/c1-6-8(5-17(2)16-6)9-4-14-11-10(15-9)7(3-13-11)12(18)19/h3-5H,1-2H3,(H,13,14)(H,18,19). The first-order valence-corrected chi connectivity index (χ1v) is 5.64. The average Bonchev–Trinajstić information content (AvgIpc) is 2.91. The minimum absolute atomic E-state index is 0.117. The molecular weight excluding hydrogens is 246 g/mol. The molecule has 0 spiro atoms. The first-order chi connectivity index (χ1) is 9.06. The van der Waals surface area contributed by atoms with Crippen LogP contribution in [0.5, 0.6) is 0 Å². The molecule has 3 aromatic rings. The number of carboxylic acids is 1. The third kappa shape index (κ3) is 1.75. The molecule has 0 unspecified atom stereocenters. The molecule has 0 fully saturated rings. The lowest BCUT2D eigenvalue weighted by molar-refractivity contribution is 0.0699. The molecule has 0 aliphatic heterocycles. The zero-order valence-electron chi connectivity index (χ0n) is 10.4. The molecule has 19 heavy (non-hydrogen) atoms. The highest BCUT2D eigenvalue weighted by atomic mass is 16.4. The molecule has 3 heterocycles. The molecule has 3 aromatic heterocycles. The molecule has 0 aliphatic rings. The van der Waals surface area contributed by atoms with Gasteiger partial charge in [0.1, 0.15) is 11.1 Å². The SMILES string of the molecule is Cc1nn(C)cc1-c1cnc2[nH]cc(C(=O)O)c2n1. The third-order valence-electron chi connectivity index (χ3n) is 2.90. The minimum atomic E-state index is -1.03. The Morgan fingerprint density at radius 3 is 2.89 bits per heavy atom. The van der Waals surface area contributed by atoms with Crippen molar-refractivity contribution in [3.63, 3.8) is 0 Å². The first-order valence-electron chi connectivity index (χ1n) is 5.64. The average molecular weight is 257 g/mol. The van der Waals surface area contributed by atoms with Gasteiger partial charge in [-0.1, -0.05) is 0 Å². The van der Waals surface area contributed by atoms with Crippen molar-refractivity contribution in [3.8, 4) is 11.3 Å². The number of aryl methyl sites for hydroxylation is 2. The number of hydrogen-bond acceptors (Lipinski definition) is 4. The Balaban J connectivity index is 2.23. The summed E-state index contributed by atoms with van der Waals surface area (Å²) in [5, 5.41) is 13.3. The summed E-state index contributed by atoms with van der Waals surface area (Å²) in [4.78, 5) is 22.4. The van der Waals surface area contributed by atoms with Gasteiger partial charge in [0.15, 0.2) is 5.65 Å². The zero-order valence-corrected chi connectivity index (χ0v) is 10.4. The van der Waals surface area contributed by atoms with Crippen molar-refractivity contribution >= 4 is 17.1 Å². The Labute approximate surface area is 107 Å². The zero-order chi connectivity index (χ0) is 13.6. The first kappa shape index (κ1) is 11.4. The Bertz CT molecular complexity index is 787. The molecule has 0 saturated heterocycles. The van der Waals surface area contributed by atoms with Crippen LogP contribution in [0.1, 0.15) is 16.1 Å². The summed E-state index contributed by atoms with van der Waals surface area (Å²) in [5.74, 6) is -1.03. The molecule has 7 nitrogen and oxygen atoms in total. The second kappa shape index (κ2) is 3.91. The lowest BCUT2D eigenvalue weighted by atomic mass is 10.2. The van der Waals surface area contributed by atoms with Crippen molar-refractivity contribution in [1.82, 2.24) is 24.7 Å². The van der Waals surface area contributed by atoms with E-state index in [1.807, 2.05) is 20.2 Å². The monoisotopic (exact) mass is 257 g/mol. The summed E-state index contributed by atoms with van der Waals surface area (Å²) in [6.07, 6.45) is 4.83.